The first-order valence-electron chi connectivity index (χ1n) is 9.53. The zero-order valence-electron chi connectivity index (χ0n) is 16.5. The molecule has 166 valence electrons. The fourth-order valence-electron chi connectivity index (χ4n) is 2.97. The molecule has 0 atom stereocenters. The van der Waals surface area contributed by atoms with Gasteiger partial charge in [0.15, 0.2) is 5.96 Å². The first-order chi connectivity index (χ1) is 14.8. The smallest absolute Gasteiger partial charge is 0.406 e. The van der Waals surface area contributed by atoms with Crippen molar-refractivity contribution in [2.45, 2.75) is 12.8 Å². The third-order valence-corrected chi connectivity index (χ3v) is 4.44. The minimum atomic E-state index is -4.75. The van der Waals surface area contributed by atoms with E-state index in [1.807, 2.05) is 4.90 Å². The average molecular weight is 437 g/mol. The topological polar surface area (TPSA) is 109 Å². The van der Waals surface area contributed by atoms with Gasteiger partial charge in [0.25, 0.3) is 0 Å². The maximum Gasteiger partial charge on any atom is 0.573 e. The van der Waals surface area contributed by atoms with E-state index in [1.165, 1.54) is 12.1 Å². The zero-order valence-corrected chi connectivity index (χ0v) is 16.5. The number of aromatic nitrogens is 2. The molecule has 3 N–H and O–H groups in total. The molecule has 1 aromatic heterocycles. The fraction of sp³-hybridized carbons (Fsp3) is 0.368. The zero-order chi connectivity index (χ0) is 22.3. The Balaban J connectivity index is 1.40. The van der Waals surface area contributed by atoms with Gasteiger partial charge in [0.1, 0.15) is 5.75 Å². The molecule has 0 radical (unpaired) electrons. The number of hydrogen-bond acceptors (Lipinski definition) is 6. The molecule has 1 aliphatic rings. The highest BCUT2D eigenvalue weighted by Crippen LogP contribution is 2.23. The highest BCUT2D eigenvalue weighted by Gasteiger charge is 2.31. The highest BCUT2D eigenvalue weighted by molar-refractivity contribution is 5.92. The molecule has 0 bridgehead atoms. The molecule has 1 amide bonds. The van der Waals surface area contributed by atoms with E-state index in [0.717, 1.165) is 12.1 Å². The van der Waals surface area contributed by atoms with E-state index in [1.54, 1.807) is 23.4 Å². The molecular formula is C19H22F3N7O2. The Labute approximate surface area is 176 Å². The van der Waals surface area contributed by atoms with E-state index in [0.29, 0.717) is 37.8 Å². The van der Waals surface area contributed by atoms with Crippen molar-refractivity contribution >= 4 is 23.5 Å². The van der Waals surface area contributed by atoms with Crippen molar-refractivity contribution in [3.63, 3.8) is 0 Å². The van der Waals surface area contributed by atoms with Crippen LogP contribution in [0.25, 0.3) is 0 Å². The summed E-state index contributed by atoms with van der Waals surface area (Å²) in [6.45, 7) is 2.63. The van der Waals surface area contributed by atoms with Crippen LogP contribution in [0.2, 0.25) is 0 Å². The van der Waals surface area contributed by atoms with Crippen molar-refractivity contribution in [2.24, 2.45) is 10.7 Å². The number of amides is 1. The van der Waals surface area contributed by atoms with Gasteiger partial charge in [0.05, 0.1) is 6.54 Å². The summed E-state index contributed by atoms with van der Waals surface area (Å²) in [4.78, 5) is 28.7. The number of carbonyl (C=O) groups excluding carboxylic acids is 1. The van der Waals surface area contributed by atoms with Crippen LogP contribution >= 0.6 is 0 Å². The Morgan fingerprint density at radius 3 is 2.39 bits per heavy atom. The van der Waals surface area contributed by atoms with Crippen LogP contribution in [-0.4, -0.2) is 65.8 Å². The second kappa shape index (κ2) is 9.96. The molecule has 1 saturated heterocycles. The number of guanidine groups is 1. The maximum atomic E-state index is 12.4. The molecule has 12 heteroatoms. The van der Waals surface area contributed by atoms with Gasteiger partial charge in [-0.25, -0.2) is 9.97 Å². The van der Waals surface area contributed by atoms with E-state index in [2.05, 4.69) is 25.0 Å². The highest BCUT2D eigenvalue weighted by atomic mass is 19.4. The Morgan fingerprint density at radius 2 is 1.77 bits per heavy atom. The van der Waals surface area contributed by atoms with E-state index < -0.39 is 6.36 Å². The number of nitrogens with zero attached hydrogens (tertiary/aromatic N) is 5. The largest absolute Gasteiger partial charge is 0.573 e. The van der Waals surface area contributed by atoms with Gasteiger partial charge < -0.3 is 25.6 Å². The molecule has 1 fully saturated rings. The number of nitrogens with two attached hydrogens (primary N) is 1. The molecule has 9 nitrogen and oxygen atoms in total. The number of ether oxygens (including phenoxy) is 1. The van der Waals surface area contributed by atoms with E-state index in [9.17, 15) is 18.0 Å². The van der Waals surface area contributed by atoms with Gasteiger partial charge in [0, 0.05) is 50.7 Å². The summed E-state index contributed by atoms with van der Waals surface area (Å²) < 4.78 is 40.3. The standard InChI is InChI=1S/C19H22F3N7O2/c20-19(21,22)31-15-4-2-14(3-5-15)27-17(23)24-9-6-16(30)28-10-12-29(13-11-28)18-25-7-1-8-26-18/h1-5,7-8H,6,9-13H2,(H3,23,24,27). The number of benzene rings is 1. The summed E-state index contributed by atoms with van der Waals surface area (Å²) in [6.07, 6.45) is -1.19. The lowest BCUT2D eigenvalue weighted by Crippen LogP contribution is -2.49. The number of piperazine rings is 1. The molecule has 0 unspecified atom stereocenters. The number of halogens is 3. The number of carbonyl (C=O) groups is 1. The maximum absolute atomic E-state index is 12.4. The summed E-state index contributed by atoms with van der Waals surface area (Å²) in [6, 6.07) is 6.83. The van der Waals surface area contributed by atoms with Crippen molar-refractivity contribution in [1.29, 1.82) is 0 Å². The molecular weight excluding hydrogens is 415 g/mol. The Hall–Kier alpha value is -3.57. The Bertz CT molecular complexity index is 884. The molecule has 0 spiro atoms. The van der Waals surface area contributed by atoms with Gasteiger partial charge in [-0.05, 0) is 30.3 Å². The molecule has 31 heavy (non-hydrogen) atoms. The number of nitrogens with one attached hydrogen (secondary N) is 1. The van der Waals surface area contributed by atoms with Crippen LogP contribution in [0.3, 0.4) is 0 Å². The SMILES string of the molecule is NC(=NCCC(=O)N1CCN(c2ncccn2)CC1)Nc1ccc(OC(F)(F)F)cc1. The Kier molecular flexibility index (Phi) is 7.11. The quantitative estimate of drug-likeness (QED) is 0.524. The van der Waals surface area contributed by atoms with Gasteiger partial charge in [0.2, 0.25) is 11.9 Å². The predicted molar refractivity (Wildman–Crippen MR) is 109 cm³/mol. The first kappa shape index (κ1) is 22.1. The fourth-order valence-corrected chi connectivity index (χ4v) is 2.97. The van der Waals surface area contributed by atoms with Crippen LogP contribution < -0.4 is 20.7 Å². The summed E-state index contributed by atoms with van der Waals surface area (Å²) in [5, 5.41) is 2.75. The summed E-state index contributed by atoms with van der Waals surface area (Å²) in [5.74, 6) is 0.344. The predicted octanol–water partition coefficient (Wildman–Crippen LogP) is 1.84. The van der Waals surface area contributed by atoms with Gasteiger partial charge >= 0.3 is 6.36 Å². The molecule has 0 saturated carbocycles. The normalized spacial score (nSPS) is 15.0. The Morgan fingerprint density at radius 1 is 1.13 bits per heavy atom. The molecule has 1 aliphatic heterocycles. The monoisotopic (exact) mass is 437 g/mol. The number of rotatable bonds is 6. The van der Waals surface area contributed by atoms with Gasteiger partial charge in [-0.2, -0.15) is 0 Å². The van der Waals surface area contributed by atoms with Crippen molar-refractivity contribution in [3.05, 3.63) is 42.7 Å². The van der Waals surface area contributed by atoms with Gasteiger partial charge in [-0.3, -0.25) is 9.79 Å². The number of hydrogen-bond donors (Lipinski definition) is 2. The van der Waals surface area contributed by atoms with E-state index in [-0.39, 0.29) is 30.6 Å². The molecule has 1 aromatic carbocycles. The van der Waals surface area contributed by atoms with Crippen LogP contribution in [0.5, 0.6) is 5.75 Å². The van der Waals surface area contributed by atoms with Crippen molar-refractivity contribution in [2.75, 3.05) is 42.9 Å². The lowest BCUT2D eigenvalue weighted by molar-refractivity contribution is -0.274. The van der Waals surface area contributed by atoms with Crippen molar-refractivity contribution < 1.29 is 22.7 Å². The van der Waals surface area contributed by atoms with Crippen molar-refractivity contribution in [1.82, 2.24) is 14.9 Å². The third kappa shape index (κ3) is 7.01. The second-order valence-electron chi connectivity index (χ2n) is 6.63. The van der Waals surface area contributed by atoms with Gasteiger partial charge in [-0.15, -0.1) is 13.2 Å². The first-order valence-corrected chi connectivity index (χ1v) is 9.53. The minimum Gasteiger partial charge on any atom is -0.406 e. The third-order valence-electron chi connectivity index (χ3n) is 4.44. The van der Waals surface area contributed by atoms with Crippen LogP contribution in [-0.2, 0) is 4.79 Å². The van der Waals surface area contributed by atoms with Crippen LogP contribution in [0.15, 0.2) is 47.7 Å². The number of anilines is 2. The van der Waals surface area contributed by atoms with E-state index >= 15 is 0 Å². The summed E-state index contributed by atoms with van der Waals surface area (Å²) in [5.41, 5.74) is 6.22. The number of aliphatic imine (C=N–C) groups is 1. The molecule has 2 heterocycles. The van der Waals surface area contributed by atoms with Gasteiger partial charge in [-0.1, -0.05) is 0 Å². The average Bonchev–Trinajstić information content (AvgIpc) is 2.75. The second-order valence-corrected chi connectivity index (χ2v) is 6.63. The van der Waals surface area contributed by atoms with Crippen LogP contribution in [0.4, 0.5) is 24.8 Å². The molecule has 0 aliphatic carbocycles. The number of alkyl halides is 3. The van der Waals surface area contributed by atoms with Crippen LogP contribution in [0, 0.1) is 0 Å². The lowest BCUT2D eigenvalue weighted by atomic mass is 10.3. The molecule has 2 aromatic rings. The van der Waals surface area contributed by atoms with Crippen molar-refractivity contribution in [3.8, 4) is 5.75 Å². The lowest BCUT2D eigenvalue weighted by Gasteiger charge is -2.34. The van der Waals surface area contributed by atoms with Crippen LogP contribution in [0.1, 0.15) is 6.42 Å². The summed E-state index contributed by atoms with van der Waals surface area (Å²) in [7, 11) is 0. The summed E-state index contributed by atoms with van der Waals surface area (Å²) >= 11 is 0. The minimum absolute atomic E-state index is 0.0289. The molecule has 3 rings (SSSR count). The van der Waals surface area contributed by atoms with E-state index in [4.69, 9.17) is 5.73 Å².